The summed E-state index contributed by atoms with van der Waals surface area (Å²) in [5.41, 5.74) is 5.93. The maximum atomic E-state index is 11.9. The average molecular weight is 284 g/mol. The van der Waals surface area contributed by atoms with Crippen molar-refractivity contribution < 1.29 is 4.79 Å². The fraction of sp³-hybridized carbons (Fsp3) is 0.571. The van der Waals surface area contributed by atoms with Crippen molar-refractivity contribution in [1.82, 2.24) is 10.3 Å². The van der Waals surface area contributed by atoms with Gasteiger partial charge >= 0.3 is 0 Å². The molecule has 0 radical (unpaired) electrons. The number of amides is 1. The molecule has 1 rings (SSSR count). The molecular formula is C14H22ClN3O. The number of hydrogen-bond acceptors (Lipinski definition) is 3. The van der Waals surface area contributed by atoms with Crippen LogP contribution in [0.15, 0.2) is 12.3 Å². The van der Waals surface area contributed by atoms with E-state index in [4.69, 9.17) is 17.3 Å². The summed E-state index contributed by atoms with van der Waals surface area (Å²) in [5, 5.41) is 3.18. The van der Waals surface area contributed by atoms with Crippen LogP contribution in [0, 0.1) is 0 Å². The number of nitrogens with zero attached hydrogens (tertiary/aromatic N) is 1. The van der Waals surface area contributed by atoms with E-state index < -0.39 is 0 Å². The van der Waals surface area contributed by atoms with Gasteiger partial charge in [-0.05, 0) is 12.5 Å². The van der Waals surface area contributed by atoms with Gasteiger partial charge in [0.2, 0.25) is 0 Å². The van der Waals surface area contributed by atoms with Crippen LogP contribution in [0.1, 0.15) is 55.8 Å². The van der Waals surface area contributed by atoms with E-state index in [9.17, 15) is 4.79 Å². The highest BCUT2D eigenvalue weighted by Crippen LogP contribution is 2.16. The zero-order valence-electron chi connectivity index (χ0n) is 11.4. The highest BCUT2D eigenvalue weighted by molar-refractivity contribution is 6.33. The Kier molecular flexibility index (Phi) is 7.26. The van der Waals surface area contributed by atoms with Crippen LogP contribution in [0.2, 0.25) is 5.02 Å². The first-order valence-electron chi connectivity index (χ1n) is 6.84. The number of anilines is 1. The van der Waals surface area contributed by atoms with E-state index in [0.29, 0.717) is 22.9 Å². The molecule has 0 aliphatic rings. The van der Waals surface area contributed by atoms with Gasteiger partial charge in [0.25, 0.3) is 5.91 Å². The summed E-state index contributed by atoms with van der Waals surface area (Å²) < 4.78 is 0. The lowest BCUT2D eigenvalue weighted by Gasteiger charge is -2.07. The van der Waals surface area contributed by atoms with Gasteiger partial charge in [0.05, 0.1) is 10.6 Å². The van der Waals surface area contributed by atoms with E-state index in [1.165, 1.54) is 37.9 Å². The molecule has 5 heteroatoms. The highest BCUT2D eigenvalue weighted by Gasteiger charge is 2.10. The Labute approximate surface area is 119 Å². The van der Waals surface area contributed by atoms with Crippen LogP contribution in [0.3, 0.4) is 0 Å². The fourth-order valence-electron chi connectivity index (χ4n) is 1.83. The molecule has 19 heavy (non-hydrogen) atoms. The molecule has 0 spiro atoms. The largest absolute Gasteiger partial charge is 0.384 e. The van der Waals surface area contributed by atoms with Crippen molar-refractivity contribution in [2.24, 2.45) is 0 Å². The van der Waals surface area contributed by atoms with Gasteiger partial charge in [-0.3, -0.25) is 4.79 Å². The number of carbonyl (C=O) groups excluding carboxylic acids is 1. The summed E-state index contributed by atoms with van der Waals surface area (Å²) in [6.07, 6.45) is 8.58. The summed E-state index contributed by atoms with van der Waals surface area (Å²) in [6.45, 7) is 2.87. The van der Waals surface area contributed by atoms with Crippen molar-refractivity contribution in [2.45, 2.75) is 45.4 Å². The first-order chi connectivity index (χ1) is 9.15. The molecule has 0 fully saturated rings. The van der Waals surface area contributed by atoms with E-state index in [-0.39, 0.29) is 5.91 Å². The lowest BCUT2D eigenvalue weighted by atomic mass is 10.1. The number of halogens is 1. The van der Waals surface area contributed by atoms with Crippen LogP contribution in [-0.2, 0) is 0 Å². The number of hydrogen-bond donors (Lipinski definition) is 2. The molecule has 0 saturated heterocycles. The minimum absolute atomic E-state index is 0.187. The van der Waals surface area contributed by atoms with Crippen LogP contribution >= 0.6 is 11.6 Å². The molecule has 1 amide bonds. The second-order valence-electron chi connectivity index (χ2n) is 4.61. The van der Waals surface area contributed by atoms with Crippen molar-refractivity contribution in [3.8, 4) is 0 Å². The van der Waals surface area contributed by atoms with Crippen molar-refractivity contribution in [3.05, 3.63) is 22.8 Å². The van der Waals surface area contributed by atoms with Gasteiger partial charge in [-0.2, -0.15) is 0 Å². The SMILES string of the molecule is CCCCCCCCNC(=O)c1cc(N)ncc1Cl. The quantitative estimate of drug-likeness (QED) is 0.719. The highest BCUT2D eigenvalue weighted by atomic mass is 35.5. The summed E-state index contributed by atoms with van der Waals surface area (Å²) in [4.78, 5) is 15.7. The molecule has 0 atom stereocenters. The number of nitrogen functional groups attached to an aromatic ring is 1. The number of carbonyl (C=O) groups is 1. The van der Waals surface area contributed by atoms with Gasteiger partial charge in [0, 0.05) is 12.7 Å². The molecule has 4 nitrogen and oxygen atoms in total. The van der Waals surface area contributed by atoms with Gasteiger partial charge in [-0.15, -0.1) is 0 Å². The van der Waals surface area contributed by atoms with E-state index in [1.807, 2.05) is 0 Å². The minimum atomic E-state index is -0.187. The third-order valence-electron chi connectivity index (χ3n) is 2.94. The normalized spacial score (nSPS) is 10.4. The number of nitrogens with two attached hydrogens (primary N) is 1. The van der Waals surface area contributed by atoms with Crippen LogP contribution in [0.4, 0.5) is 5.82 Å². The van der Waals surface area contributed by atoms with Gasteiger partial charge < -0.3 is 11.1 Å². The fourth-order valence-corrected chi connectivity index (χ4v) is 2.02. The Balaban J connectivity index is 2.26. The number of unbranched alkanes of at least 4 members (excludes halogenated alkanes) is 5. The third kappa shape index (κ3) is 5.92. The van der Waals surface area contributed by atoms with Crippen LogP contribution < -0.4 is 11.1 Å². The van der Waals surface area contributed by atoms with Gasteiger partial charge in [-0.25, -0.2) is 4.98 Å². The van der Waals surface area contributed by atoms with Crippen LogP contribution in [-0.4, -0.2) is 17.4 Å². The molecule has 0 aliphatic heterocycles. The summed E-state index contributed by atoms with van der Waals surface area (Å²) in [7, 11) is 0. The van der Waals surface area contributed by atoms with E-state index in [1.54, 1.807) is 0 Å². The number of aromatic nitrogens is 1. The average Bonchev–Trinajstić information content (AvgIpc) is 2.40. The zero-order valence-corrected chi connectivity index (χ0v) is 12.2. The monoisotopic (exact) mass is 283 g/mol. The topological polar surface area (TPSA) is 68.0 Å². The Bertz CT molecular complexity index is 410. The second-order valence-corrected chi connectivity index (χ2v) is 5.02. The molecule has 0 bridgehead atoms. The van der Waals surface area contributed by atoms with E-state index >= 15 is 0 Å². The first kappa shape index (κ1) is 15.8. The Hall–Kier alpha value is -1.29. The lowest BCUT2D eigenvalue weighted by Crippen LogP contribution is -2.25. The van der Waals surface area contributed by atoms with Crippen molar-refractivity contribution in [3.63, 3.8) is 0 Å². The molecule has 1 aromatic heterocycles. The molecular weight excluding hydrogens is 262 g/mol. The Morgan fingerprint density at radius 1 is 1.32 bits per heavy atom. The van der Waals surface area contributed by atoms with E-state index in [2.05, 4.69) is 17.2 Å². The maximum Gasteiger partial charge on any atom is 0.252 e. The minimum Gasteiger partial charge on any atom is -0.384 e. The molecule has 0 aliphatic carbocycles. The standard InChI is InChI=1S/C14H22ClN3O/c1-2-3-4-5-6-7-8-17-14(19)11-9-13(16)18-10-12(11)15/h9-10H,2-8H2,1H3,(H2,16,18)(H,17,19). The first-order valence-corrected chi connectivity index (χ1v) is 7.22. The van der Waals surface area contributed by atoms with Crippen molar-refractivity contribution in [2.75, 3.05) is 12.3 Å². The Morgan fingerprint density at radius 2 is 2.00 bits per heavy atom. The molecule has 106 valence electrons. The number of rotatable bonds is 8. The number of nitrogens with one attached hydrogen (secondary N) is 1. The molecule has 0 unspecified atom stereocenters. The predicted molar refractivity (Wildman–Crippen MR) is 79.4 cm³/mol. The summed E-state index contributed by atoms with van der Waals surface area (Å²) >= 11 is 5.91. The van der Waals surface area contributed by atoms with Crippen molar-refractivity contribution in [1.29, 1.82) is 0 Å². The van der Waals surface area contributed by atoms with Gasteiger partial charge in [0.1, 0.15) is 5.82 Å². The van der Waals surface area contributed by atoms with Crippen LogP contribution in [0.25, 0.3) is 0 Å². The predicted octanol–water partition coefficient (Wildman–Crippen LogP) is 3.41. The van der Waals surface area contributed by atoms with Gasteiger partial charge in [0.15, 0.2) is 0 Å². The number of pyridine rings is 1. The molecule has 1 aromatic rings. The smallest absolute Gasteiger partial charge is 0.252 e. The van der Waals surface area contributed by atoms with E-state index in [0.717, 1.165) is 12.8 Å². The van der Waals surface area contributed by atoms with Crippen LogP contribution in [0.5, 0.6) is 0 Å². The summed E-state index contributed by atoms with van der Waals surface area (Å²) in [5.74, 6) is 0.113. The molecule has 1 heterocycles. The molecule has 0 aromatic carbocycles. The van der Waals surface area contributed by atoms with Crippen molar-refractivity contribution >= 4 is 23.3 Å². The third-order valence-corrected chi connectivity index (χ3v) is 3.24. The summed E-state index contributed by atoms with van der Waals surface area (Å²) in [6, 6.07) is 1.50. The zero-order chi connectivity index (χ0) is 14.1. The maximum absolute atomic E-state index is 11.9. The molecule has 3 N–H and O–H groups in total. The lowest BCUT2D eigenvalue weighted by molar-refractivity contribution is 0.0953. The molecule has 0 saturated carbocycles. The Morgan fingerprint density at radius 3 is 2.74 bits per heavy atom. The van der Waals surface area contributed by atoms with Gasteiger partial charge in [-0.1, -0.05) is 50.6 Å². The second kappa shape index (κ2) is 8.75.